The molecule has 1 aliphatic rings. The Bertz CT molecular complexity index is 66.9. The summed E-state index contributed by atoms with van der Waals surface area (Å²) in [5.74, 6) is 0. The Morgan fingerprint density at radius 1 is 1.40 bits per heavy atom. The monoisotopic (exact) mass is 68.0 g/mol. The van der Waals surface area contributed by atoms with Crippen molar-refractivity contribution in [3.05, 3.63) is 12.4 Å². The van der Waals surface area contributed by atoms with Crippen molar-refractivity contribution in [2.75, 3.05) is 0 Å². The normalized spacial score (nSPS) is 16.0. The minimum atomic E-state index is 0. The van der Waals surface area contributed by atoms with E-state index in [2.05, 4.69) is 10.3 Å². The minimum Gasteiger partial charge on any atom is -0.243 e. The lowest BCUT2D eigenvalue weighted by atomic mass is 11.0. The van der Waals surface area contributed by atoms with Gasteiger partial charge in [-0.3, -0.25) is 0 Å². The lowest BCUT2D eigenvalue weighted by Crippen LogP contribution is -1.79. The van der Waals surface area contributed by atoms with Gasteiger partial charge in [0.15, 0.2) is 0 Å². The molecular weight excluding hydrogens is 64.0 g/mol. The van der Waals surface area contributed by atoms with Crippen LogP contribution in [0.25, 0.3) is 0 Å². The highest BCUT2D eigenvalue weighted by Gasteiger charge is 1.72. The second kappa shape index (κ2) is 0.885. The lowest BCUT2D eigenvalue weighted by molar-refractivity contribution is 1.34. The first-order valence-corrected chi connectivity index (χ1v) is 1.37. The molecule has 0 N–H and O–H groups in total. The van der Waals surface area contributed by atoms with E-state index in [1.807, 2.05) is 0 Å². The van der Waals surface area contributed by atoms with Crippen LogP contribution in [0.15, 0.2) is 17.4 Å². The first kappa shape index (κ1) is 2.45. The van der Waals surface area contributed by atoms with Crippen LogP contribution >= 0.6 is 0 Å². The summed E-state index contributed by atoms with van der Waals surface area (Å²) in [6.07, 6.45) is 4.78. The average Bonchev–Trinajstić information content (AvgIpc) is 1.76. The second-order valence-corrected chi connectivity index (χ2v) is 0.712. The van der Waals surface area contributed by atoms with E-state index in [4.69, 9.17) is 0 Å². The van der Waals surface area contributed by atoms with Gasteiger partial charge in [0.25, 0.3) is 0 Å². The maximum absolute atomic E-state index is 3.61. The van der Waals surface area contributed by atoms with Crippen molar-refractivity contribution in [1.29, 1.82) is 0 Å². The quantitative estimate of drug-likeness (QED) is 0.388. The molecule has 0 saturated heterocycles. The Morgan fingerprint density at radius 2 is 2.40 bits per heavy atom. The molecule has 0 spiro atoms. The number of hydrogen-bond donors (Lipinski definition) is 0. The molecule has 0 bridgehead atoms. The van der Waals surface area contributed by atoms with Crippen LogP contribution in [-0.2, 0) is 0 Å². The summed E-state index contributed by atoms with van der Waals surface area (Å²) in [7, 11) is 0. The van der Waals surface area contributed by atoms with Crippen LogP contribution in [0.5, 0.6) is 0 Å². The van der Waals surface area contributed by atoms with Gasteiger partial charge in [-0.25, -0.2) is 10.3 Å². The zero-order valence-corrected chi connectivity index (χ0v) is 2.63. The van der Waals surface area contributed by atoms with Crippen molar-refractivity contribution in [3.8, 4) is 0 Å². The highest BCUT2D eigenvalue weighted by atomic mass is 15.0. The van der Waals surface area contributed by atoms with Gasteiger partial charge in [-0.1, -0.05) is 0 Å². The van der Waals surface area contributed by atoms with Crippen molar-refractivity contribution < 1.29 is 1.43 Å². The molecule has 1 radical (unpaired) electrons. The summed E-state index contributed by atoms with van der Waals surface area (Å²) in [6.45, 7) is 0. The van der Waals surface area contributed by atoms with Gasteiger partial charge >= 0.3 is 1.43 Å². The average molecular weight is 68.1 g/mol. The number of nitrogens with zero attached hydrogens (tertiary/aromatic N) is 2. The minimum absolute atomic E-state index is 0. The van der Waals surface area contributed by atoms with Crippen LogP contribution in [0.2, 0.25) is 0 Å². The van der Waals surface area contributed by atoms with E-state index in [0.29, 0.717) is 0 Å². The molecular formula is C3H4N2+. The highest BCUT2D eigenvalue weighted by Crippen LogP contribution is 1.74. The Kier molecular flexibility index (Phi) is 0.433. The van der Waals surface area contributed by atoms with Gasteiger partial charge in [0.05, 0.1) is 0 Å². The third-order valence-corrected chi connectivity index (χ3v) is 0.372. The van der Waals surface area contributed by atoms with E-state index >= 15 is 0 Å². The van der Waals surface area contributed by atoms with E-state index in [1.54, 1.807) is 12.4 Å². The first-order chi connectivity index (χ1) is 2.50. The molecule has 1 heterocycles. The molecule has 0 aliphatic carbocycles. The van der Waals surface area contributed by atoms with Gasteiger partial charge in [0, 0.05) is 12.4 Å². The van der Waals surface area contributed by atoms with E-state index in [-0.39, 0.29) is 1.43 Å². The summed E-state index contributed by atoms with van der Waals surface area (Å²) >= 11 is 0. The van der Waals surface area contributed by atoms with Gasteiger partial charge in [-0.05, 0) is 0 Å². The number of hydrogen-bond acceptors (Lipinski definition) is 1. The molecule has 0 amide bonds. The van der Waals surface area contributed by atoms with Gasteiger partial charge in [-0.15, -0.1) is 0 Å². The summed E-state index contributed by atoms with van der Waals surface area (Å²) in [6, 6.07) is 0. The van der Waals surface area contributed by atoms with Crippen LogP contribution in [0.4, 0.5) is 0 Å². The fraction of sp³-hybridized carbons (Fsp3) is 0. The standard InChI is InChI=1S/C3H3N2/c1-2-5-3-4-1/h1-3H/p+1. The SMILES string of the molecule is C1=CN=C[N]1.[H+]. The first-order valence-electron chi connectivity index (χ1n) is 1.37. The lowest BCUT2D eigenvalue weighted by Gasteiger charge is -1.60. The molecule has 0 aromatic carbocycles. The molecule has 0 atom stereocenters. The second-order valence-electron chi connectivity index (χ2n) is 0.712. The molecule has 1 aliphatic heterocycles. The summed E-state index contributed by atoms with van der Waals surface area (Å²) in [4.78, 5) is 3.61. The molecule has 2 heteroatoms. The highest BCUT2D eigenvalue weighted by molar-refractivity contribution is 5.58. The molecule has 0 fully saturated rings. The number of aliphatic imine (C=N–C) groups is 1. The molecule has 25 valence electrons. The Morgan fingerprint density at radius 3 is 2.60 bits per heavy atom. The van der Waals surface area contributed by atoms with E-state index in [9.17, 15) is 0 Å². The molecule has 0 saturated carbocycles. The van der Waals surface area contributed by atoms with Crippen molar-refractivity contribution >= 4 is 6.34 Å². The van der Waals surface area contributed by atoms with Gasteiger partial charge < -0.3 is 0 Å². The van der Waals surface area contributed by atoms with Gasteiger partial charge in [-0.2, -0.15) is 0 Å². The fourth-order valence-corrected chi connectivity index (χ4v) is 0.192. The molecule has 0 unspecified atom stereocenters. The smallest absolute Gasteiger partial charge is 0.243 e. The number of rotatable bonds is 0. The zero-order valence-electron chi connectivity index (χ0n) is 3.63. The van der Waals surface area contributed by atoms with Gasteiger partial charge in [0.1, 0.15) is 6.34 Å². The van der Waals surface area contributed by atoms with Gasteiger partial charge in [0.2, 0.25) is 0 Å². The van der Waals surface area contributed by atoms with E-state index < -0.39 is 0 Å². The molecule has 5 heavy (non-hydrogen) atoms. The van der Waals surface area contributed by atoms with Crippen LogP contribution < -0.4 is 5.32 Å². The van der Waals surface area contributed by atoms with Crippen molar-refractivity contribution in [3.63, 3.8) is 0 Å². The van der Waals surface area contributed by atoms with Crippen LogP contribution in [0, 0.1) is 0 Å². The molecule has 0 aromatic rings. The van der Waals surface area contributed by atoms with Crippen LogP contribution in [0.1, 0.15) is 1.43 Å². The summed E-state index contributed by atoms with van der Waals surface area (Å²) < 4.78 is 0. The Balaban J connectivity index is 0.000000250. The maximum Gasteiger partial charge on any atom is 1.00 e. The van der Waals surface area contributed by atoms with Crippen molar-refractivity contribution in [2.24, 2.45) is 4.99 Å². The van der Waals surface area contributed by atoms with Crippen molar-refractivity contribution in [1.82, 2.24) is 5.32 Å². The summed E-state index contributed by atoms with van der Waals surface area (Å²) in [5.41, 5.74) is 0. The third kappa shape index (κ3) is 0.265. The molecule has 2 nitrogen and oxygen atoms in total. The molecule has 1 rings (SSSR count). The van der Waals surface area contributed by atoms with E-state index in [0.717, 1.165) is 0 Å². The Labute approximate surface area is 31.7 Å². The Hall–Kier alpha value is -0.790. The maximum atomic E-state index is 3.61. The predicted molar refractivity (Wildman–Crippen MR) is 20.9 cm³/mol. The fourth-order valence-electron chi connectivity index (χ4n) is 0.192. The third-order valence-electron chi connectivity index (χ3n) is 0.372. The van der Waals surface area contributed by atoms with Crippen LogP contribution in [-0.4, -0.2) is 6.34 Å². The molecule has 0 aromatic heterocycles. The van der Waals surface area contributed by atoms with E-state index in [1.165, 1.54) is 6.34 Å². The topological polar surface area (TPSA) is 26.5 Å². The largest absolute Gasteiger partial charge is 1.00 e. The zero-order chi connectivity index (χ0) is 3.54. The predicted octanol–water partition coefficient (Wildman–Crippen LogP) is 0.216. The summed E-state index contributed by atoms with van der Waals surface area (Å²) in [5, 5.41) is 3.61. The van der Waals surface area contributed by atoms with Crippen molar-refractivity contribution in [2.45, 2.75) is 0 Å². The van der Waals surface area contributed by atoms with Crippen LogP contribution in [0.3, 0.4) is 0 Å².